The minimum atomic E-state index is -0.116. The van der Waals surface area contributed by atoms with E-state index in [1.165, 1.54) is 11.1 Å². The van der Waals surface area contributed by atoms with Crippen LogP contribution in [-0.2, 0) is 13.0 Å². The molecule has 1 aliphatic carbocycles. The summed E-state index contributed by atoms with van der Waals surface area (Å²) in [7, 11) is 0. The Morgan fingerprint density at radius 1 is 1.12 bits per heavy atom. The number of aliphatic hydroxyl groups is 1. The summed E-state index contributed by atoms with van der Waals surface area (Å²) in [5, 5.41) is 12.4. The molecule has 2 N–H and O–H groups in total. The first-order chi connectivity index (χ1) is 11.8. The molecule has 0 spiro atoms. The monoisotopic (exact) mass is 324 g/mol. The number of amides is 2. The SMILES string of the molecule is O=C(NCc1ccccc1)N(CCO)C1CCCc2ccccc21. The molecule has 24 heavy (non-hydrogen) atoms. The van der Waals surface area contributed by atoms with Crippen molar-refractivity contribution in [2.45, 2.75) is 31.8 Å². The minimum absolute atomic E-state index is 0.0303. The number of rotatable bonds is 5. The van der Waals surface area contributed by atoms with Gasteiger partial charge in [-0.2, -0.15) is 0 Å². The van der Waals surface area contributed by atoms with Crippen LogP contribution < -0.4 is 5.32 Å². The standard InChI is InChI=1S/C20H24N2O2/c23-14-13-22(20(24)21-15-16-7-2-1-3-8-16)19-12-6-10-17-9-4-5-11-18(17)19/h1-5,7-9,11,19,23H,6,10,12-15H2,(H,21,24). The van der Waals surface area contributed by atoms with Crippen molar-refractivity contribution in [1.29, 1.82) is 0 Å². The molecule has 4 heteroatoms. The molecule has 4 nitrogen and oxygen atoms in total. The Morgan fingerprint density at radius 3 is 2.67 bits per heavy atom. The Hall–Kier alpha value is -2.33. The molecule has 2 aromatic rings. The number of aliphatic hydroxyl groups excluding tert-OH is 1. The molecule has 0 saturated heterocycles. The number of nitrogens with zero attached hydrogens (tertiary/aromatic N) is 1. The van der Waals surface area contributed by atoms with Gasteiger partial charge in [0, 0.05) is 13.1 Å². The molecule has 1 unspecified atom stereocenters. The van der Waals surface area contributed by atoms with Gasteiger partial charge in [-0.25, -0.2) is 4.79 Å². The highest BCUT2D eigenvalue weighted by molar-refractivity contribution is 5.75. The zero-order chi connectivity index (χ0) is 16.8. The lowest BCUT2D eigenvalue weighted by Gasteiger charge is -2.35. The van der Waals surface area contributed by atoms with Crippen LogP contribution in [0.4, 0.5) is 4.79 Å². The number of carbonyl (C=O) groups excluding carboxylic acids is 1. The lowest BCUT2D eigenvalue weighted by Crippen LogP contribution is -2.44. The number of urea groups is 1. The predicted octanol–water partition coefficient (Wildman–Crippen LogP) is 3.27. The number of hydrogen-bond donors (Lipinski definition) is 2. The Balaban J connectivity index is 1.74. The number of nitrogens with one attached hydrogen (secondary N) is 1. The van der Waals surface area contributed by atoms with E-state index >= 15 is 0 Å². The first-order valence-corrected chi connectivity index (χ1v) is 8.56. The van der Waals surface area contributed by atoms with E-state index in [0.717, 1.165) is 24.8 Å². The molecule has 0 aromatic heterocycles. The van der Waals surface area contributed by atoms with Gasteiger partial charge in [-0.15, -0.1) is 0 Å². The van der Waals surface area contributed by atoms with E-state index in [1.807, 2.05) is 42.5 Å². The zero-order valence-electron chi connectivity index (χ0n) is 13.8. The fourth-order valence-electron chi connectivity index (χ4n) is 3.43. The third-order valence-electron chi connectivity index (χ3n) is 4.60. The van der Waals surface area contributed by atoms with Crippen LogP contribution in [0.15, 0.2) is 54.6 Å². The summed E-state index contributed by atoms with van der Waals surface area (Å²) in [5.41, 5.74) is 3.60. The Morgan fingerprint density at radius 2 is 1.88 bits per heavy atom. The number of carbonyl (C=O) groups is 1. The molecule has 0 aliphatic heterocycles. The molecule has 0 heterocycles. The first-order valence-electron chi connectivity index (χ1n) is 8.56. The second kappa shape index (κ2) is 7.97. The Labute approximate surface area is 143 Å². The maximum absolute atomic E-state index is 12.7. The van der Waals surface area contributed by atoms with Gasteiger partial charge in [-0.05, 0) is 36.0 Å². The maximum atomic E-state index is 12.7. The van der Waals surface area contributed by atoms with Crippen LogP contribution in [0.25, 0.3) is 0 Å². The van der Waals surface area contributed by atoms with Crippen molar-refractivity contribution < 1.29 is 9.90 Å². The van der Waals surface area contributed by atoms with Crippen molar-refractivity contribution in [3.63, 3.8) is 0 Å². The van der Waals surface area contributed by atoms with Crippen LogP contribution in [0.3, 0.4) is 0 Å². The second-order valence-electron chi connectivity index (χ2n) is 6.17. The minimum Gasteiger partial charge on any atom is -0.395 e. The van der Waals surface area contributed by atoms with Gasteiger partial charge in [-0.1, -0.05) is 54.6 Å². The quantitative estimate of drug-likeness (QED) is 0.887. The van der Waals surface area contributed by atoms with Crippen molar-refractivity contribution in [3.05, 3.63) is 71.3 Å². The highest BCUT2D eigenvalue weighted by atomic mass is 16.3. The number of benzene rings is 2. The highest BCUT2D eigenvalue weighted by Gasteiger charge is 2.28. The van der Waals surface area contributed by atoms with Gasteiger partial charge in [0.25, 0.3) is 0 Å². The number of aryl methyl sites for hydroxylation is 1. The summed E-state index contributed by atoms with van der Waals surface area (Å²) in [6, 6.07) is 18.1. The normalized spacial score (nSPS) is 16.3. The van der Waals surface area contributed by atoms with Crippen molar-refractivity contribution in [2.24, 2.45) is 0 Å². The summed E-state index contributed by atoms with van der Waals surface area (Å²) < 4.78 is 0. The lowest BCUT2D eigenvalue weighted by atomic mass is 9.87. The van der Waals surface area contributed by atoms with Gasteiger partial charge in [0.05, 0.1) is 12.6 Å². The summed E-state index contributed by atoms with van der Waals surface area (Å²) in [5.74, 6) is 0. The van der Waals surface area contributed by atoms with Crippen LogP contribution in [0, 0.1) is 0 Å². The van der Waals surface area contributed by atoms with Gasteiger partial charge in [0.1, 0.15) is 0 Å². The third kappa shape index (κ3) is 3.77. The molecule has 0 bridgehead atoms. The molecule has 1 atom stereocenters. The zero-order valence-corrected chi connectivity index (χ0v) is 13.8. The van der Waals surface area contributed by atoms with Crippen molar-refractivity contribution in [1.82, 2.24) is 10.2 Å². The van der Waals surface area contributed by atoms with E-state index < -0.39 is 0 Å². The van der Waals surface area contributed by atoms with Crippen LogP contribution >= 0.6 is 0 Å². The van der Waals surface area contributed by atoms with Crippen molar-refractivity contribution in [2.75, 3.05) is 13.2 Å². The van der Waals surface area contributed by atoms with Crippen LogP contribution in [-0.4, -0.2) is 29.2 Å². The van der Waals surface area contributed by atoms with E-state index in [-0.39, 0.29) is 18.7 Å². The van der Waals surface area contributed by atoms with E-state index in [1.54, 1.807) is 4.90 Å². The van der Waals surface area contributed by atoms with E-state index in [2.05, 4.69) is 17.4 Å². The molecule has 0 radical (unpaired) electrons. The fourth-order valence-corrected chi connectivity index (χ4v) is 3.43. The van der Waals surface area contributed by atoms with Crippen LogP contribution in [0.5, 0.6) is 0 Å². The van der Waals surface area contributed by atoms with Gasteiger partial charge < -0.3 is 15.3 Å². The van der Waals surface area contributed by atoms with E-state index in [9.17, 15) is 9.90 Å². The summed E-state index contributed by atoms with van der Waals surface area (Å²) in [6.45, 7) is 0.813. The lowest BCUT2D eigenvalue weighted by molar-refractivity contribution is 0.144. The second-order valence-corrected chi connectivity index (χ2v) is 6.17. The van der Waals surface area contributed by atoms with Gasteiger partial charge in [0.15, 0.2) is 0 Å². The maximum Gasteiger partial charge on any atom is 0.318 e. The average molecular weight is 324 g/mol. The highest BCUT2D eigenvalue weighted by Crippen LogP contribution is 2.34. The van der Waals surface area contributed by atoms with Gasteiger partial charge >= 0.3 is 6.03 Å². The summed E-state index contributed by atoms with van der Waals surface area (Å²) in [4.78, 5) is 14.5. The predicted molar refractivity (Wildman–Crippen MR) is 94.6 cm³/mol. The van der Waals surface area contributed by atoms with Crippen molar-refractivity contribution >= 4 is 6.03 Å². The first kappa shape index (κ1) is 16.5. The molecule has 0 saturated carbocycles. The largest absolute Gasteiger partial charge is 0.395 e. The van der Waals surface area contributed by atoms with Crippen molar-refractivity contribution in [3.8, 4) is 0 Å². The van der Waals surface area contributed by atoms with E-state index in [0.29, 0.717) is 13.1 Å². The Kier molecular flexibility index (Phi) is 5.49. The summed E-state index contributed by atoms with van der Waals surface area (Å²) >= 11 is 0. The molecular formula is C20H24N2O2. The molecule has 2 aromatic carbocycles. The molecule has 126 valence electrons. The fraction of sp³-hybridized carbons (Fsp3) is 0.350. The molecule has 1 aliphatic rings. The number of hydrogen-bond acceptors (Lipinski definition) is 2. The molecule has 3 rings (SSSR count). The Bertz CT molecular complexity index is 672. The molecular weight excluding hydrogens is 300 g/mol. The number of fused-ring (bicyclic) bond motifs is 1. The van der Waals surface area contributed by atoms with Crippen LogP contribution in [0.1, 0.15) is 35.6 Å². The van der Waals surface area contributed by atoms with E-state index in [4.69, 9.17) is 0 Å². The molecule has 0 fully saturated rings. The topological polar surface area (TPSA) is 52.6 Å². The third-order valence-corrected chi connectivity index (χ3v) is 4.60. The smallest absolute Gasteiger partial charge is 0.318 e. The molecule has 2 amide bonds. The summed E-state index contributed by atoms with van der Waals surface area (Å²) in [6.07, 6.45) is 3.07. The van der Waals surface area contributed by atoms with Gasteiger partial charge in [0.2, 0.25) is 0 Å². The average Bonchev–Trinajstić information content (AvgIpc) is 2.65. The van der Waals surface area contributed by atoms with Gasteiger partial charge in [-0.3, -0.25) is 0 Å². The van der Waals surface area contributed by atoms with Crippen LogP contribution in [0.2, 0.25) is 0 Å².